The fourth-order valence-electron chi connectivity index (χ4n) is 1.39. The summed E-state index contributed by atoms with van der Waals surface area (Å²) in [5.41, 5.74) is -0.142. The minimum absolute atomic E-state index is 0.114. The lowest BCUT2D eigenvalue weighted by molar-refractivity contribution is -0.120. The lowest BCUT2D eigenvalue weighted by atomic mass is 10.2. The van der Waals surface area contributed by atoms with Gasteiger partial charge in [-0.3, -0.25) is 4.79 Å². The largest absolute Gasteiger partial charge is 0.405 e. The van der Waals surface area contributed by atoms with Gasteiger partial charge in [-0.1, -0.05) is 11.6 Å². The average molecular weight is 282 g/mol. The molecule has 0 N–H and O–H groups in total. The van der Waals surface area contributed by atoms with Crippen LogP contribution in [0, 0.1) is 0 Å². The van der Waals surface area contributed by atoms with E-state index in [0.717, 1.165) is 11.2 Å². The van der Waals surface area contributed by atoms with Gasteiger partial charge in [-0.25, -0.2) is 9.97 Å². The minimum atomic E-state index is -4.40. The SMILES string of the molecule is CC(C)N(CC(F)(F)F)c1ncnc(Cl)c1C=O. The van der Waals surface area contributed by atoms with E-state index in [1.807, 2.05) is 0 Å². The Morgan fingerprint density at radius 2 is 2.06 bits per heavy atom. The number of halogens is 4. The molecule has 1 aromatic rings. The highest BCUT2D eigenvalue weighted by atomic mass is 35.5. The molecule has 4 nitrogen and oxygen atoms in total. The van der Waals surface area contributed by atoms with Crippen LogP contribution < -0.4 is 4.90 Å². The van der Waals surface area contributed by atoms with Crippen LogP contribution in [0.25, 0.3) is 0 Å². The zero-order valence-electron chi connectivity index (χ0n) is 9.70. The maximum Gasteiger partial charge on any atom is 0.405 e. The molecule has 0 atom stereocenters. The van der Waals surface area contributed by atoms with Gasteiger partial charge in [0.2, 0.25) is 0 Å². The van der Waals surface area contributed by atoms with Crippen LogP contribution in [0.1, 0.15) is 24.2 Å². The van der Waals surface area contributed by atoms with Gasteiger partial charge < -0.3 is 4.90 Å². The molecule has 1 rings (SSSR count). The number of carbonyl (C=O) groups is 1. The molecule has 0 fully saturated rings. The van der Waals surface area contributed by atoms with E-state index in [4.69, 9.17) is 11.6 Å². The average Bonchev–Trinajstić information content (AvgIpc) is 2.24. The number of aldehydes is 1. The summed E-state index contributed by atoms with van der Waals surface area (Å²) >= 11 is 5.66. The molecule has 0 aliphatic rings. The van der Waals surface area contributed by atoms with Crippen LogP contribution in [0.15, 0.2) is 6.33 Å². The summed E-state index contributed by atoms with van der Waals surface area (Å²) in [6.07, 6.45) is -3.03. The van der Waals surface area contributed by atoms with Crippen molar-refractivity contribution >= 4 is 23.7 Å². The monoisotopic (exact) mass is 281 g/mol. The van der Waals surface area contributed by atoms with Gasteiger partial charge in [0.1, 0.15) is 23.8 Å². The molecule has 0 aliphatic carbocycles. The van der Waals surface area contributed by atoms with Crippen molar-refractivity contribution in [3.63, 3.8) is 0 Å². The first-order valence-corrected chi connectivity index (χ1v) is 5.43. The van der Waals surface area contributed by atoms with E-state index < -0.39 is 18.8 Å². The van der Waals surface area contributed by atoms with E-state index in [-0.39, 0.29) is 16.5 Å². The third kappa shape index (κ3) is 3.56. The zero-order valence-corrected chi connectivity index (χ0v) is 10.5. The highest BCUT2D eigenvalue weighted by Crippen LogP contribution is 2.27. The van der Waals surface area contributed by atoms with Crippen LogP contribution in [-0.4, -0.2) is 35.0 Å². The summed E-state index contributed by atoms with van der Waals surface area (Å²) in [5, 5.41) is -0.164. The normalized spacial score (nSPS) is 11.7. The van der Waals surface area contributed by atoms with Gasteiger partial charge in [-0.05, 0) is 13.8 Å². The van der Waals surface area contributed by atoms with Crippen LogP contribution >= 0.6 is 11.6 Å². The van der Waals surface area contributed by atoms with Crippen molar-refractivity contribution in [2.45, 2.75) is 26.1 Å². The van der Waals surface area contributed by atoms with Crippen LogP contribution in [0.2, 0.25) is 5.15 Å². The number of carbonyl (C=O) groups excluding carboxylic acids is 1. The molecule has 100 valence electrons. The third-order valence-electron chi connectivity index (χ3n) is 2.18. The molecule has 0 saturated carbocycles. The van der Waals surface area contributed by atoms with E-state index in [1.54, 1.807) is 13.8 Å². The fourth-order valence-corrected chi connectivity index (χ4v) is 1.56. The summed E-state index contributed by atoms with van der Waals surface area (Å²) < 4.78 is 37.4. The molecule has 1 aromatic heterocycles. The maximum atomic E-state index is 12.5. The van der Waals surface area contributed by atoms with E-state index in [2.05, 4.69) is 9.97 Å². The first-order chi connectivity index (χ1) is 8.26. The smallest absolute Gasteiger partial charge is 0.344 e. The van der Waals surface area contributed by atoms with Crippen molar-refractivity contribution in [3.05, 3.63) is 17.0 Å². The number of alkyl halides is 3. The molecule has 0 amide bonds. The fraction of sp³-hybridized carbons (Fsp3) is 0.500. The van der Waals surface area contributed by atoms with Crippen molar-refractivity contribution in [2.75, 3.05) is 11.4 Å². The quantitative estimate of drug-likeness (QED) is 0.629. The van der Waals surface area contributed by atoms with E-state index in [0.29, 0.717) is 6.29 Å². The molecule has 0 bridgehead atoms. The first-order valence-electron chi connectivity index (χ1n) is 5.05. The highest BCUT2D eigenvalue weighted by Gasteiger charge is 2.33. The second kappa shape index (κ2) is 5.51. The molecule has 0 unspecified atom stereocenters. The van der Waals surface area contributed by atoms with Crippen LogP contribution in [0.3, 0.4) is 0 Å². The number of anilines is 1. The predicted molar refractivity (Wildman–Crippen MR) is 61.0 cm³/mol. The van der Waals surface area contributed by atoms with Gasteiger partial charge in [-0.15, -0.1) is 0 Å². The predicted octanol–water partition coefficient (Wildman–Crippen LogP) is 2.72. The highest BCUT2D eigenvalue weighted by molar-refractivity contribution is 6.32. The zero-order chi connectivity index (χ0) is 13.9. The molecule has 0 aromatic carbocycles. The molecular weight excluding hydrogens is 271 g/mol. The van der Waals surface area contributed by atoms with Crippen molar-refractivity contribution in [1.82, 2.24) is 9.97 Å². The van der Waals surface area contributed by atoms with E-state index >= 15 is 0 Å². The number of rotatable bonds is 4. The summed E-state index contributed by atoms with van der Waals surface area (Å²) in [6.45, 7) is 1.92. The molecule has 18 heavy (non-hydrogen) atoms. The van der Waals surface area contributed by atoms with Crippen LogP contribution in [-0.2, 0) is 0 Å². The van der Waals surface area contributed by atoms with Crippen molar-refractivity contribution < 1.29 is 18.0 Å². The summed E-state index contributed by atoms with van der Waals surface area (Å²) in [7, 11) is 0. The minimum Gasteiger partial charge on any atom is -0.344 e. The molecular formula is C10H11ClF3N3O. The number of nitrogens with zero attached hydrogens (tertiary/aromatic N) is 3. The first kappa shape index (κ1) is 14.7. The Morgan fingerprint density at radius 3 is 2.50 bits per heavy atom. The van der Waals surface area contributed by atoms with Gasteiger partial charge in [0.25, 0.3) is 0 Å². The second-order valence-electron chi connectivity index (χ2n) is 3.86. The Labute approximate surface area is 107 Å². The molecule has 0 radical (unpaired) electrons. The Bertz CT molecular complexity index is 437. The molecule has 0 saturated heterocycles. The molecule has 1 heterocycles. The maximum absolute atomic E-state index is 12.5. The number of aromatic nitrogens is 2. The van der Waals surface area contributed by atoms with Crippen LogP contribution in [0.4, 0.5) is 19.0 Å². The Morgan fingerprint density at radius 1 is 1.44 bits per heavy atom. The summed E-state index contributed by atoms with van der Waals surface area (Å²) in [6, 6.07) is -0.490. The van der Waals surface area contributed by atoms with Crippen LogP contribution in [0.5, 0.6) is 0 Å². The number of hydrogen-bond acceptors (Lipinski definition) is 4. The van der Waals surface area contributed by atoms with Gasteiger partial charge in [0.15, 0.2) is 6.29 Å². The van der Waals surface area contributed by atoms with Gasteiger partial charge in [-0.2, -0.15) is 13.2 Å². The lowest BCUT2D eigenvalue weighted by Crippen LogP contribution is -2.40. The van der Waals surface area contributed by atoms with Crippen molar-refractivity contribution in [1.29, 1.82) is 0 Å². The Hall–Kier alpha value is -1.37. The third-order valence-corrected chi connectivity index (χ3v) is 2.48. The van der Waals surface area contributed by atoms with Gasteiger partial charge in [0, 0.05) is 6.04 Å². The topological polar surface area (TPSA) is 46.1 Å². The standard InChI is InChI=1S/C10H11ClF3N3O/c1-6(2)17(4-10(12,13)14)9-7(3-18)8(11)15-5-16-9/h3,5-6H,4H2,1-2H3. The Balaban J connectivity index is 3.22. The summed E-state index contributed by atoms with van der Waals surface area (Å²) in [5.74, 6) is -0.114. The second-order valence-corrected chi connectivity index (χ2v) is 4.21. The van der Waals surface area contributed by atoms with E-state index in [1.165, 1.54) is 0 Å². The lowest BCUT2D eigenvalue weighted by Gasteiger charge is -2.29. The Kier molecular flexibility index (Phi) is 4.50. The van der Waals surface area contributed by atoms with Gasteiger partial charge in [0.05, 0.1) is 5.56 Å². The number of hydrogen-bond donors (Lipinski definition) is 0. The molecule has 0 spiro atoms. The molecule has 8 heteroatoms. The van der Waals surface area contributed by atoms with E-state index in [9.17, 15) is 18.0 Å². The molecule has 0 aliphatic heterocycles. The summed E-state index contributed by atoms with van der Waals surface area (Å²) in [4.78, 5) is 19.1. The van der Waals surface area contributed by atoms with Crippen molar-refractivity contribution in [3.8, 4) is 0 Å². The van der Waals surface area contributed by atoms with Gasteiger partial charge >= 0.3 is 6.18 Å². The van der Waals surface area contributed by atoms with Crippen molar-refractivity contribution in [2.24, 2.45) is 0 Å².